The zero-order valence-electron chi connectivity index (χ0n) is 15.7. The third kappa shape index (κ3) is 3.90. The van der Waals surface area contributed by atoms with Crippen LogP contribution in [-0.4, -0.2) is 50.8 Å². The van der Waals surface area contributed by atoms with Crippen molar-refractivity contribution in [1.29, 1.82) is 0 Å². The molecule has 2 fully saturated rings. The van der Waals surface area contributed by atoms with Crippen LogP contribution in [0, 0.1) is 5.82 Å². The van der Waals surface area contributed by atoms with Gasteiger partial charge in [0, 0.05) is 19.1 Å². The van der Waals surface area contributed by atoms with E-state index in [1.54, 1.807) is 23.0 Å². The van der Waals surface area contributed by atoms with Crippen LogP contribution >= 0.6 is 0 Å². The lowest BCUT2D eigenvalue weighted by Crippen LogP contribution is -2.38. The number of benzene rings is 1. The van der Waals surface area contributed by atoms with Gasteiger partial charge in [-0.25, -0.2) is 9.07 Å². The zero-order valence-corrected chi connectivity index (χ0v) is 15.7. The van der Waals surface area contributed by atoms with E-state index in [4.69, 9.17) is 0 Å². The molecule has 0 atom stereocenters. The maximum absolute atomic E-state index is 13.7. The van der Waals surface area contributed by atoms with Crippen molar-refractivity contribution in [1.82, 2.24) is 25.2 Å². The molecule has 1 saturated carbocycles. The quantitative estimate of drug-likeness (QED) is 0.877. The number of amides is 2. The molecule has 2 amide bonds. The van der Waals surface area contributed by atoms with Gasteiger partial charge < -0.3 is 10.2 Å². The highest BCUT2D eigenvalue weighted by Gasteiger charge is 2.27. The van der Waals surface area contributed by atoms with Crippen molar-refractivity contribution in [3.05, 3.63) is 47.5 Å². The SMILES string of the molecule is O=C(NC1CCC(n2cc(C(=O)N3CCCC3)nn2)CC1)c1ccccc1F. The number of nitrogens with one attached hydrogen (secondary N) is 1. The molecule has 7 nitrogen and oxygen atoms in total. The number of hydrogen-bond donors (Lipinski definition) is 1. The first-order chi connectivity index (χ1) is 13.6. The van der Waals surface area contributed by atoms with Crippen molar-refractivity contribution in [3.8, 4) is 0 Å². The minimum absolute atomic E-state index is 0.0116. The Morgan fingerprint density at radius 1 is 1.07 bits per heavy atom. The molecule has 1 aromatic carbocycles. The fourth-order valence-corrected chi connectivity index (χ4v) is 4.03. The van der Waals surface area contributed by atoms with Gasteiger partial charge in [-0.05, 0) is 50.7 Å². The van der Waals surface area contributed by atoms with Gasteiger partial charge in [0.2, 0.25) is 0 Å². The minimum Gasteiger partial charge on any atom is -0.349 e. The van der Waals surface area contributed by atoms with Gasteiger partial charge in [0.1, 0.15) is 5.82 Å². The van der Waals surface area contributed by atoms with Crippen LogP contribution in [0.2, 0.25) is 0 Å². The fourth-order valence-electron chi connectivity index (χ4n) is 4.03. The summed E-state index contributed by atoms with van der Waals surface area (Å²) in [6, 6.07) is 6.17. The molecular formula is C20H24FN5O2. The first kappa shape index (κ1) is 18.6. The van der Waals surface area contributed by atoms with Crippen LogP contribution in [0.1, 0.15) is 65.4 Å². The summed E-state index contributed by atoms with van der Waals surface area (Å²) in [7, 11) is 0. The van der Waals surface area contributed by atoms with Crippen molar-refractivity contribution in [2.45, 2.75) is 50.6 Å². The molecule has 0 bridgehead atoms. The highest BCUT2D eigenvalue weighted by atomic mass is 19.1. The molecular weight excluding hydrogens is 361 g/mol. The molecule has 2 heterocycles. The second kappa shape index (κ2) is 8.08. The van der Waals surface area contributed by atoms with E-state index in [9.17, 15) is 14.0 Å². The molecule has 1 aliphatic carbocycles. The predicted molar refractivity (Wildman–Crippen MR) is 100 cm³/mol. The van der Waals surface area contributed by atoms with Gasteiger partial charge in [-0.2, -0.15) is 0 Å². The highest BCUT2D eigenvalue weighted by molar-refractivity contribution is 5.94. The van der Waals surface area contributed by atoms with Crippen LogP contribution in [0.15, 0.2) is 30.5 Å². The molecule has 2 aliphatic rings. The van der Waals surface area contributed by atoms with Gasteiger partial charge in [-0.1, -0.05) is 17.3 Å². The number of carbonyl (C=O) groups excluding carboxylic acids is 2. The zero-order chi connectivity index (χ0) is 19.5. The maximum atomic E-state index is 13.7. The molecule has 28 heavy (non-hydrogen) atoms. The van der Waals surface area contributed by atoms with Crippen LogP contribution < -0.4 is 5.32 Å². The number of rotatable bonds is 4. The first-order valence-corrected chi connectivity index (χ1v) is 9.88. The summed E-state index contributed by atoms with van der Waals surface area (Å²) >= 11 is 0. The average molecular weight is 385 g/mol. The first-order valence-electron chi connectivity index (χ1n) is 9.88. The smallest absolute Gasteiger partial charge is 0.276 e. The Morgan fingerprint density at radius 2 is 1.79 bits per heavy atom. The van der Waals surface area contributed by atoms with Crippen LogP contribution in [0.3, 0.4) is 0 Å². The third-order valence-electron chi connectivity index (χ3n) is 5.65. The van der Waals surface area contributed by atoms with E-state index in [0.717, 1.165) is 51.6 Å². The second-order valence-corrected chi connectivity index (χ2v) is 7.54. The Kier molecular flexibility index (Phi) is 5.36. The molecule has 2 aromatic rings. The predicted octanol–water partition coefficient (Wildman–Crippen LogP) is 2.57. The van der Waals surface area contributed by atoms with Crippen LogP contribution in [0.5, 0.6) is 0 Å². The molecule has 0 radical (unpaired) electrons. The Morgan fingerprint density at radius 3 is 2.50 bits per heavy atom. The molecule has 4 rings (SSSR count). The number of nitrogens with zero attached hydrogens (tertiary/aromatic N) is 4. The van der Waals surface area contributed by atoms with E-state index in [0.29, 0.717) is 5.69 Å². The number of hydrogen-bond acceptors (Lipinski definition) is 4. The lowest BCUT2D eigenvalue weighted by molar-refractivity contribution is 0.0786. The van der Waals surface area contributed by atoms with Gasteiger partial charge in [0.05, 0.1) is 17.8 Å². The van der Waals surface area contributed by atoms with E-state index >= 15 is 0 Å². The normalized spacial score (nSPS) is 22.2. The maximum Gasteiger partial charge on any atom is 0.276 e. The summed E-state index contributed by atoms with van der Waals surface area (Å²) in [4.78, 5) is 26.5. The molecule has 0 spiro atoms. The molecule has 1 saturated heterocycles. The Balaban J connectivity index is 1.31. The summed E-state index contributed by atoms with van der Waals surface area (Å²) in [6.07, 6.45) is 7.03. The Labute approximate surface area is 162 Å². The lowest BCUT2D eigenvalue weighted by Gasteiger charge is -2.29. The van der Waals surface area contributed by atoms with Gasteiger partial charge in [0.25, 0.3) is 11.8 Å². The Bertz CT molecular complexity index is 854. The minimum atomic E-state index is -0.508. The summed E-state index contributed by atoms with van der Waals surface area (Å²) in [5, 5.41) is 11.1. The highest BCUT2D eigenvalue weighted by Crippen LogP contribution is 2.28. The summed E-state index contributed by atoms with van der Waals surface area (Å²) < 4.78 is 15.5. The second-order valence-electron chi connectivity index (χ2n) is 7.54. The van der Waals surface area contributed by atoms with E-state index in [1.807, 2.05) is 4.90 Å². The summed E-state index contributed by atoms with van der Waals surface area (Å²) in [5.41, 5.74) is 0.475. The molecule has 1 N–H and O–H groups in total. The molecule has 8 heteroatoms. The van der Waals surface area contributed by atoms with Crippen LogP contribution in [-0.2, 0) is 0 Å². The van der Waals surface area contributed by atoms with Crippen molar-refractivity contribution in [2.24, 2.45) is 0 Å². The fraction of sp³-hybridized carbons (Fsp3) is 0.500. The van der Waals surface area contributed by atoms with Gasteiger partial charge in [-0.3, -0.25) is 9.59 Å². The van der Waals surface area contributed by atoms with E-state index in [2.05, 4.69) is 15.6 Å². The van der Waals surface area contributed by atoms with E-state index in [1.165, 1.54) is 12.1 Å². The van der Waals surface area contributed by atoms with Crippen LogP contribution in [0.4, 0.5) is 4.39 Å². The Hall–Kier alpha value is -2.77. The number of carbonyl (C=O) groups is 2. The number of halogens is 1. The third-order valence-corrected chi connectivity index (χ3v) is 5.65. The summed E-state index contributed by atoms with van der Waals surface area (Å²) in [6.45, 7) is 1.58. The van der Waals surface area contributed by atoms with Crippen molar-refractivity contribution in [2.75, 3.05) is 13.1 Å². The van der Waals surface area contributed by atoms with Gasteiger partial charge in [0.15, 0.2) is 5.69 Å². The topological polar surface area (TPSA) is 80.1 Å². The average Bonchev–Trinajstić information content (AvgIpc) is 3.41. The standard InChI is InChI=1S/C20H24FN5O2/c21-17-6-2-1-5-16(17)19(27)22-14-7-9-15(10-8-14)26-13-18(23-24-26)20(28)25-11-3-4-12-25/h1-2,5-6,13-15H,3-4,7-12H2,(H,22,27). The van der Waals surface area contributed by atoms with Gasteiger partial charge in [-0.15, -0.1) is 5.10 Å². The largest absolute Gasteiger partial charge is 0.349 e. The van der Waals surface area contributed by atoms with Crippen molar-refractivity contribution >= 4 is 11.8 Å². The molecule has 0 unspecified atom stereocenters. The molecule has 1 aromatic heterocycles. The summed E-state index contributed by atoms with van der Waals surface area (Å²) in [5.74, 6) is -0.929. The van der Waals surface area contributed by atoms with Crippen molar-refractivity contribution in [3.63, 3.8) is 0 Å². The van der Waals surface area contributed by atoms with Crippen LogP contribution in [0.25, 0.3) is 0 Å². The van der Waals surface area contributed by atoms with E-state index in [-0.39, 0.29) is 29.5 Å². The molecule has 148 valence electrons. The van der Waals surface area contributed by atoms with Crippen molar-refractivity contribution < 1.29 is 14.0 Å². The molecule has 1 aliphatic heterocycles. The number of aromatic nitrogens is 3. The van der Waals surface area contributed by atoms with E-state index < -0.39 is 5.82 Å². The monoisotopic (exact) mass is 385 g/mol. The van der Waals surface area contributed by atoms with Gasteiger partial charge >= 0.3 is 0 Å². The number of likely N-dealkylation sites (tertiary alicyclic amines) is 1. The lowest BCUT2D eigenvalue weighted by atomic mass is 9.91.